The Morgan fingerprint density at radius 2 is 2.08 bits per heavy atom. The van der Waals surface area contributed by atoms with E-state index in [1.54, 1.807) is 0 Å². The topological polar surface area (TPSA) is 48.6 Å². The molecule has 1 fully saturated rings. The first kappa shape index (κ1) is 17.5. The van der Waals surface area contributed by atoms with Crippen LogP contribution in [0.5, 0.6) is 0 Å². The first-order chi connectivity index (χ1) is 12.6. The molecular weight excluding hydrogens is 342 g/mol. The van der Waals surface area contributed by atoms with Crippen LogP contribution in [-0.4, -0.2) is 36.7 Å². The van der Waals surface area contributed by atoms with Crippen LogP contribution >= 0.6 is 12.6 Å². The summed E-state index contributed by atoms with van der Waals surface area (Å²) < 4.78 is 0. The highest BCUT2D eigenvalue weighted by atomic mass is 32.1. The fourth-order valence-electron chi connectivity index (χ4n) is 4.02. The second kappa shape index (κ2) is 7.00. The van der Waals surface area contributed by atoms with Crippen molar-refractivity contribution in [3.05, 3.63) is 47.7 Å². The number of fused-ring (bicyclic) bond motifs is 1. The van der Waals surface area contributed by atoms with E-state index in [4.69, 9.17) is 18.4 Å². The van der Waals surface area contributed by atoms with Crippen molar-refractivity contribution in [1.82, 2.24) is 4.98 Å². The van der Waals surface area contributed by atoms with E-state index in [2.05, 4.69) is 64.0 Å². The molecule has 2 aromatic rings. The number of piperidine rings is 1. The van der Waals surface area contributed by atoms with E-state index in [1.807, 2.05) is 6.20 Å². The van der Waals surface area contributed by atoms with Gasteiger partial charge in [-0.15, -0.1) is 12.6 Å². The molecule has 0 aliphatic carbocycles. The summed E-state index contributed by atoms with van der Waals surface area (Å²) >= 11 is 4.89. The monoisotopic (exact) mass is 369 g/mol. The molecule has 3 heterocycles. The lowest BCUT2D eigenvalue weighted by Crippen LogP contribution is -2.43. The van der Waals surface area contributed by atoms with Crippen LogP contribution in [0, 0.1) is 6.92 Å². The highest BCUT2D eigenvalue weighted by molar-refractivity contribution is 7.81. The van der Waals surface area contributed by atoms with Crippen LogP contribution in [0.1, 0.15) is 24.0 Å². The van der Waals surface area contributed by atoms with Gasteiger partial charge in [-0.3, -0.25) is 0 Å². The number of nitrogens with zero attached hydrogens (tertiary/aromatic N) is 4. The Hall–Kier alpha value is -1.92. The van der Waals surface area contributed by atoms with E-state index in [0.29, 0.717) is 0 Å². The minimum absolute atomic E-state index is 0.0308. The van der Waals surface area contributed by atoms with Crippen molar-refractivity contribution in [2.24, 2.45) is 5.73 Å². The molecule has 1 aromatic carbocycles. The van der Waals surface area contributed by atoms with Crippen LogP contribution in [0.25, 0.3) is 0 Å². The molecule has 2 aliphatic rings. The molecular formula is C20H27N5S. The normalized spacial score (nSPS) is 22.7. The van der Waals surface area contributed by atoms with E-state index in [-0.39, 0.29) is 11.5 Å². The van der Waals surface area contributed by atoms with Gasteiger partial charge in [0.2, 0.25) is 0 Å². The summed E-state index contributed by atoms with van der Waals surface area (Å²) in [5, 5.41) is 0. The van der Waals surface area contributed by atoms with E-state index >= 15 is 0 Å². The Morgan fingerprint density at radius 1 is 1.27 bits per heavy atom. The van der Waals surface area contributed by atoms with Crippen LogP contribution in [0.4, 0.5) is 17.2 Å². The minimum Gasteiger partial charge on any atom is -0.368 e. The fraction of sp³-hybridized carbons (Fsp3) is 0.450. The maximum absolute atomic E-state index is 6.24. The maximum Gasteiger partial charge on any atom is 0.156 e. The van der Waals surface area contributed by atoms with E-state index < -0.39 is 0 Å². The predicted octanol–water partition coefficient (Wildman–Crippen LogP) is 2.99. The molecule has 138 valence electrons. The summed E-state index contributed by atoms with van der Waals surface area (Å²) in [6.07, 6.45) is 4.14. The van der Waals surface area contributed by atoms with Gasteiger partial charge < -0.3 is 20.4 Å². The molecule has 6 heteroatoms. The van der Waals surface area contributed by atoms with Crippen molar-refractivity contribution in [1.29, 1.82) is 0 Å². The van der Waals surface area contributed by atoms with Gasteiger partial charge in [0.1, 0.15) is 11.2 Å². The van der Waals surface area contributed by atoms with E-state index in [9.17, 15) is 0 Å². The quantitative estimate of drug-likeness (QED) is 0.815. The van der Waals surface area contributed by atoms with E-state index in [1.165, 1.54) is 22.5 Å². The predicted molar refractivity (Wildman–Crippen MR) is 112 cm³/mol. The number of thiol groups is 1. The number of hydrogen-bond donors (Lipinski definition) is 2. The van der Waals surface area contributed by atoms with Gasteiger partial charge in [-0.05, 0) is 37.0 Å². The average Bonchev–Trinajstić information content (AvgIpc) is 2.88. The molecule has 26 heavy (non-hydrogen) atoms. The van der Waals surface area contributed by atoms with Crippen LogP contribution in [-0.2, 0) is 6.54 Å². The highest BCUT2D eigenvalue weighted by Gasteiger charge is 2.36. The molecule has 1 saturated heterocycles. The molecule has 0 saturated carbocycles. The Balaban J connectivity index is 1.74. The van der Waals surface area contributed by atoms with Crippen molar-refractivity contribution in [3.63, 3.8) is 0 Å². The Kier molecular flexibility index (Phi) is 4.71. The number of hydrogen-bond acceptors (Lipinski definition) is 6. The zero-order chi connectivity index (χ0) is 18.3. The lowest BCUT2D eigenvalue weighted by atomic mass is 10.1. The largest absolute Gasteiger partial charge is 0.368 e. The summed E-state index contributed by atoms with van der Waals surface area (Å²) in [5.74, 6) is 0.996. The van der Waals surface area contributed by atoms with Gasteiger partial charge in [-0.25, -0.2) is 4.98 Å². The Morgan fingerprint density at radius 3 is 2.85 bits per heavy atom. The molecule has 0 radical (unpaired) electrons. The number of benzene rings is 1. The molecule has 1 aromatic heterocycles. The van der Waals surface area contributed by atoms with Crippen molar-refractivity contribution in [2.75, 3.05) is 34.8 Å². The minimum atomic E-state index is -0.0308. The summed E-state index contributed by atoms with van der Waals surface area (Å²) in [6.45, 7) is 4.92. The van der Waals surface area contributed by atoms with Gasteiger partial charge in [0.05, 0.1) is 5.69 Å². The molecule has 4 rings (SSSR count). The molecule has 2 N–H and O–H groups in total. The van der Waals surface area contributed by atoms with Crippen LogP contribution < -0.4 is 20.4 Å². The lowest BCUT2D eigenvalue weighted by molar-refractivity contribution is 0.506. The van der Waals surface area contributed by atoms with Crippen molar-refractivity contribution >= 4 is 29.8 Å². The number of nitrogens with two attached hydrogens (primary N) is 1. The summed E-state index contributed by atoms with van der Waals surface area (Å²) in [7, 11) is 2.06. The third-order valence-electron chi connectivity index (χ3n) is 5.53. The van der Waals surface area contributed by atoms with E-state index in [0.717, 1.165) is 38.3 Å². The number of pyridine rings is 1. The second-order valence-corrected chi connectivity index (χ2v) is 7.82. The second-order valence-electron chi connectivity index (χ2n) is 7.36. The fourth-order valence-corrected chi connectivity index (χ4v) is 4.32. The van der Waals surface area contributed by atoms with Gasteiger partial charge in [0.15, 0.2) is 5.82 Å². The van der Waals surface area contributed by atoms with Crippen molar-refractivity contribution < 1.29 is 0 Å². The first-order valence-corrected chi connectivity index (χ1v) is 9.79. The highest BCUT2D eigenvalue weighted by Crippen LogP contribution is 2.46. The summed E-state index contributed by atoms with van der Waals surface area (Å²) in [4.78, 5) is 11.6. The van der Waals surface area contributed by atoms with Gasteiger partial charge in [-0.1, -0.05) is 24.3 Å². The number of rotatable bonds is 3. The first-order valence-electron chi connectivity index (χ1n) is 9.28. The van der Waals surface area contributed by atoms with Gasteiger partial charge in [0, 0.05) is 38.9 Å². The number of anilines is 3. The zero-order valence-electron chi connectivity index (χ0n) is 15.5. The third kappa shape index (κ3) is 3.01. The molecule has 2 aliphatic heterocycles. The summed E-state index contributed by atoms with van der Waals surface area (Å²) in [5.41, 5.74) is 11.2. The zero-order valence-corrected chi connectivity index (χ0v) is 16.4. The molecule has 0 bridgehead atoms. The molecule has 0 amide bonds. The van der Waals surface area contributed by atoms with Crippen LogP contribution in [0.15, 0.2) is 36.5 Å². The van der Waals surface area contributed by atoms with Crippen molar-refractivity contribution in [3.8, 4) is 0 Å². The molecule has 5 nitrogen and oxygen atoms in total. The molecule has 2 atom stereocenters. The van der Waals surface area contributed by atoms with Crippen molar-refractivity contribution in [2.45, 2.75) is 37.8 Å². The molecule has 0 spiro atoms. The standard InChI is InChI=1S/C20H27N5S/c1-14-6-3-4-7-15(14)12-25-18-17(24-11-5-8-16(21)13-24)9-10-22-19(18)23(2)20(25)26/h3-4,6-7,9-10,16,20,26H,5,8,11-13,21H2,1-2H3/t16-,20?/m1/s1. The lowest BCUT2D eigenvalue weighted by Gasteiger charge is -2.35. The SMILES string of the molecule is Cc1ccccc1CN1c2c(N3CCC[C@@H](N)C3)ccnc2N(C)C1S. The summed E-state index contributed by atoms with van der Waals surface area (Å²) in [6, 6.07) is 10.9. The number of aryl methyl sites for hydroxylation is 1. The smallest absolute Gasteiger partial charge is 0.156 e. The maximum atomic E-state index is 6.24. The van der Waals surface area contributed by atoms with Gasteiger partial charge >= 0.3 is 0 Å². The van der Waals surface area contributed by atoms with Crippen LogP contribution in [0.2, 0.25) is 0 Å². The Bertz CT molecular complexity index is 796. The Labute approximate surface area is 161 Å². The third-order valence-corrected chi connectivity index (χ3v) is 6.16. The molecule has 1 unspecified atom stereocenters. The van der Waals surface area contributed by atoms with Gasteiger partial charge in [0.25, 0.3) is 0 Å². The van der Waals surface area contributed by atoms with Crippen LogP contribution in [0.3, 0.4) is 0 Å². The van der Waals surface area contributed by atoms with Gasteiger partial charge in [-0.2, -0.15) is 0 Å². The average molecular weight is 370 g/mol. The number of aromatic nitrogens is 1.